The summed E-state index contributed by atoms with van der Waals surface area (Å²) in [6.07, 6.45) is 1.31. The topological polar surface area (TPSA) is 126 Å². The van der Waals surface area contributed by atoms with Gasteiger partial charge in [0.15, 0.2) is 12.5 Å². The summed E-state index contributed by atoms with van der Waals surface area (Å²) in [5.41, 5.74) is 4.51. The smallest absolute Gasteiger partial charge is 0.330 e. The molecule has 0 spiro atoms. The first-order chi connectivity index (χ1) is 10.9. The molecule has 23 heavy (non-hydrogen) atoms. The van der Waals surface area contributed by atoms with E-state index in [1.165, 1.54) is 28.7 Å². The number of hydrogen-bond acceptors (Lipinski definition) is 7. The van der Waals surface area contributed by atoms with Crippen LogP contribution in [0, 0.1) is 0 Å². The van der Waals surface area contributed by atoms with Gasteiger partial charge in [-0.2, -0.15) is 0 Å². The van der Waals surface area contributed by atoms with Crippen LogP contribution in [0.5, 0.6) is 0 Å². The number of nitrogens with zero attached hydrogens (tertiary/aromatic N) is 1. The fraction of sp³-hybridized carbons (Fsp3) is 0.462. The van der Waals surface area contributed by atoms with Crippen molar-refractivity contribution in [2.45, 2.75) is 25.5 Å². The van der Waals surface area contributed by atoms with E-state index in [-0.39, 0.29) is 18.8 Å². The molecule has 9 nitrogen and oxygen atoms in total. The quantitative estimate of drug-likeness (QED) is 0.659. The Labute approximate surface area is 139 Å². The van der Waals surface area contributed by atoms with Crippen molar-refractivity contribution in [2.75, 3.05) is 13.2 Å². The molecule has 1 aliphatic rings. The van der Waals surface area contributed by atoms with E-state index in [1.807, 2.05) is 0 Å². The lowest BCUT2D eigenvalue weighted by Crippen LogP contribution is -2.34. The van der Waals surface area contributed by atoms with Crippen molar-refractivity contribution in [1.82, 2.24) is 9.55 Å². The number of nitrogens with one attached hydrogen (secondary N) is 1. The highest BCUT2D eigenvalue weighted by atomic mass is 79.9. The lowest BCUT2D eigenvalue weighted by Gasteiger charge is -2.14. The van der Waals surface area contributed by atoms with Gasteiger partial charge in [-0.05, 0) is 18.0 Å². The van der Waals surface area contributed by atoms with Crippen LogP contribution in [-0.4, -0.2) is 41.1 Å². The summed E-state index contributed by atoms with van der Waals surface area (Å²) in [6, 6.07) is -0.743. The van der Waals surface area contributed by atoms with Gasteiger partial charge < -0.3 is 19.9 Å². The molecular weight excluding hydrogens is 374 g/mol. The molecule has 126 valence electrons. The van der Waals surface area contributed by atoms with Crippen molar-refractivity contribution in [3.05, 3.63) is 37.6 Å². The number of hydrogen-bond donors (Lipinski definition) is 2. The minimum absolute atomic E-state index is 0.0732. The van der Waals surface area contributed by atoms with Crippen LogP contribution in [0.25, 0.3) is 6.08 Å². The fourth-order valence-corrected chi connectivity index (χ4v) is 2.14. The number of aromatic nitrogens is 2. The summed E-state index contributed by atoms with van der Waals surface area (Å²) in [7, 11) is 0. The minimum Gasteiger partial charge on any atom is -0.459 e. The highest BCUT2D eigenvalue weighted by Gasteiger charge is 2.29. The molecule has 1 saturated heterocycles. The molecule has 1 aromatic rings. The summed E-state index contributed by atoms with van der Waals surface area (Å²) in [4.78, 5) is 38.5. The number of halogens is 1. The number of ether oxygens (including phenoxy) is 3. The molecule has 0 unspecified atom stereocenters. The summed E-state index contributed by atoms with van der Waals surface area (Å²) < 4.78 is 16.9. The third kappa shape index (κ3) is 4.38. The van der Waals surface area contributed by atoms with Gasteiger partial charge in [-0.1, -0.05) is 15.9 Å². The molecule has 3 atom stereocenters. The van der Waals surface area contributed by atoms with Crippen LogP contribution >= 0.6 is 15.9 Å². The van der Waals surface area contributed by atoms with E-state index in [0.29, 0.717) is 0 Å². The normalized spacial score (nSPS) is 22.4. The van der Waals surface area contributed by atoms with E-state index in [2.05, 4.69) is 20.9 Å². The maximum atomic E-state index is 11.9. The number of rotatable bonds is 5. The second-order valence-electron chi connectivity index (χ2n) is 4.82. The first-order valence-corrected chi connectivity index (χ1v) is 7.65. The van der Waals surface area contributed by atoms with Crippen molar-refractivity contribution in [1.29, 1.82) is 0 Å². The van der Waals surface area contributed by atoms with Crippen LogP contribution in [0.3, 0.4) is 0 Å². The van der Waals surface area contributed by atoms with Crippen LogP contribution in [-0.2, 0) is 19.0 Å². The average molecular weight is 390 g/mol. The summed E-state index contributed by atoms with van der Waals surface area (Å²) in [5.74, 6) is -0.577. The summed E-state index contributed by atoms with van der Waals surface area (Å²) in [6.45, 7) is 1.44. The number of carbonyl (C=O) groups is 1. The largest absolute Gasteiger partial charge is 0.459 e. The predicted molar refractivity (Wildman–Crippen MR) is 83.8 cm³/mol. The molecule has 2 rings (SSSR count). The lowest BCUT2D eigenvalue weighted by atomic mass is 10.3. The number of carbonyl (C=O) groups excluding carboxylic acids is 1. The van der Waals surface area contributed by atoms with Gasteiger partial charge in [0.2, 0.25) is 0 Å². The Kier molecular flexibility index (Phi) is 5.88. The van der Waals surface area contributed by atoms with E-state index in [9.17, 15) is 14.4 Å². The maximum Gasteiger partial charge on any atom is 0.330 e. The highest BCUT2D eigenvalue weighted by Crippen LogP contribution is 2.19. The van der Waals surface area contributed by atoms with E-state index < -0.39 is 35.8 Å². The van der Waals surface area contributed by atoms with Crippen molar-refractivity contribution >= 4 is 28.0 Å². The van der Waals surface area contributed by atoms with E-state index in [1.54, 1.807) is 0 Å². The Hall–Kier alpha value is -1.75. The maximum absolute atomic E-state index is 11.9. The van der Waals surface area contributed by atoms with Crippen molar-refractivity contribution in [2.24, 2.45) is 5.73 Å². The van der Waals surface area contributed by atoms with Gasteiger partial charge in [0.05, 0.1) is 12.2 Å². The van der Waals surface area contributed by atoms with Crippen molar-refractivity contribution in [3.63, 3.8) is 0 Å². The van der Waals surface area contributed by atoms with Crippen LogP contribution in [0.4, 0.5) is 0 Å². The molecule has 0 radical (unpaired) electrons. The van der Waals surface area contributed by atoms with E-state index >= 15 is 0 Å². The second kappa shape index (κ2) is 7.68. The molecule has 10 heteroatoms. The van der Waals surface area contributed by atoms with Gasteiger partial charge in [-0.3, -0.25) is 19.1 Å². The molecule has 1 fully saturated rings. The Morgan fingerprint density at radius 1 is 1.65 bits per heavy atom. The highest BCUT2D eigenvalue weighted by molar-refractivity contribution is 9.11. The van der Waals surface area contributed by atoms with Gasteiger partial charge >= 0.3 is 11.7 Å². The molecule has 0 aliphatic carbocycles. The summed E-state index contributed by atoms with van der Waals surface area (Å²) in [5, 5.41) is 0. The van der Waals surface area contributed by atoms with Crippen molar-refractivity contribution < 1.29 is 19.0 Å². The molecule has 3 N–H and O–H groups in total. The number of nitrogens with two attached hydrogens (primary N) is 1. The van der Waals surface area contributed by atoms with Crippen LogP contribution in [0.1, 0.15) is 18.7 Å². The molecular formula is C13H16BrN3O6. The third-order valence-electron chi connectivity index (χ3n) is 3.02. The van der Waals surface area contributed by atoms with Gasteiger partial charge in [-0.15, -0.1) is 0 Å². The standard InChI is InChI=1S/C13H16BrN3O6/c1-7(15)12(19)22-6-10-21-5-9(23-10)17-4-8(2-3-14)11(18)16-13(17)20/h2-4,7,9-10H,5-6,15H2,1H3,(H,16,18,20)/b3-2+/t7-,9+,10+/m1/s1. The average Bonchev–Trinajstić information content (AvgIpc) is 2.96. The Bertz CT molecular complexity index is 710. The van der Waals surface area contributed by atoms with E-state index in [0.717, 1.165) is 0 Å². The zero-order valence-electron chi connectivity index (χ0n) is 12.2. The first kappa shape index (κ1) is 17.6. The monoisotopic (exact) mass is 389 g/mol. The predicted octanol–water partition coefficient (Wildman–Crippen LogP) is -0.336. The molecule has 0 aromatic carbocycles. The van der Waals surface area contributed by atoms with Crippen molar-refractivity contribution in [3.8, 4) is 0 Å². The Morgan fingerprint density at radius 3 is 3.04 bits per heavy atom. The SMILES string of the molecule is C[C@@H](N)C(=O)OC[C@H]1OC[C@@H](n2cc(/C=C/Br)c(=O)[nH]c2=O)O1. The van der Waals surface area contributed by atoms with Gasteiger partial charge in [0.25, 0.3) is 5.56 Å². The number of esters is 1. The fourth-order valence-electron chi connectivity index (χ4n) is 1.86. The zero-order chi connectivity index (χ0) is 17.0. The van der Waals surface area contributed by atoms with E-state index in [4.69, 9.17) is 19.9 Å². The van der Waals surface area contributed by atoms with Gasteiger partial charge in [0.1, 0.15) is 12.6 Å². The Balaban J connectivity index is 2.07. The molecule has 0 saturated carbocycles. The zero-order valence-corrected chi connectivity index (χ0v) is 13.8. The second-order valence-corrected chi connectivity index (χ2v) is 5.34. The van der Waals surface area contributed by atoms with Gasteiger partial charge in [-0.25, -0.2) is 4.79 Å². The first-order valence-electron chi connectivity index (χ1n) is 6.74. The summed E-state index contributed by atoms with van der Waals surface area (Å²) >= 11 is 3.07. The number of aromatic amines is 1. The lowest BCUT2D eigenvalue weighted by molar-refractivity contribution is -0.160. The van der Waals surface area contributed by atoms with Gasteiger partial charge in [0, 0.05) is 6.20 Å². The Morgan fingerprint density at radius 2 is 2.39 bits per heavy atom. The van der Waals surface area contributed by atoms with Crippen LogP contribution in [0.2, 0.25) is 0 Å². The molecule has 0 amide bonds. The van der Waals surface area contributed by atoms with Crippen LogP contribution < -0.4 is 17.0 Å². The minimum atomic E-state index is -0.809. The molecule has 2 heterocycles. The van der Waals surface area contributed by atoms with Crippen LogP contribution in [0.15, 0.2) is 20.8 Å². The third-order valence-corrected chi connectivity index (χ3v) is 3.28. The molecule has 1 aliphatic heterocycles. The molecule has 1 aromatic heterocycles. The molecule has 0 bridgehead atoms. The number of H-pyrrole nitrogens is 1.